The lowest BCUT2D eigenvalue weighted by Gasteiger charge is -2.38. The van der Waals surface area contributed by atoms with E-state index in [-0.39, 0.29) is 10.6 Å². The highest BCUT2D eigenvalue weighted by molar-refractivity contribution is 5.57. The van der Waals surface area contributed by atoms with E-state index in [1.807, 2.05) is 13.0 Å². The molecule has 1 aromatic rings. The van der Waals surface area contributed by atoms with Crippen LogP contribution in [0.25, 0.3) is 0 Å². The predicted octanol–water partition coefficient (Wildman–Crippen LogP) is 2.09. The fourth-order valence-electron chi connectivity index (χ4n) is 2.63. The lowest BCUT2D eigenvalue weighted by Crippen LogP contribution is -2.54. The van der Waals surface area contributed by atoms with Crippen molar-refractivity contribution in [2.75, 3.05) is 18.0 Å². The highest BCUT2D eigenvalue weighted by Crippen LogP contribution is 2.26. The number of hydrogen-bond donors (Lipinski definition) is 1. The van der Waals surface area contributed by atoms with Crippen molar-refractivity contribution < 1.29 is 4.92 Å². The van der Waals surface area contributed by atoms with Crippen molar-refractivity contribution in [2.24, 2.45) is 0 Å². The number of nitro groups is 1. The molecule has 2 rings (SSSR count). The van der Waals surface area contributed by atoms with Crippen LogP contribution in [0.1, 0.15) is 19.4 Å². The summed E-state index contributed by atoms with van der Waals surface area (Å²) < 4.78 is 0. The number of hydrogen-bond acceptors (Lipinski definition) is 4. The molecule has 1 saturated heterocycles. The molecule has 1 aliphatic rings. The van der Waals surface area contributed by atoms with E-state index in [9.17, 15) is 10.1 Å². The third kappa shape index (κ3) is 2.61. The van der Waals surface area contributed by atoms with Gasteiger partial charge in [0.15, 0.2) is 0 Å². The van der Waals surface area contributed by atoms with Crippen LogP contribution in [0.5, 0.6) is 0 Å². The summed E-state index contributed by atoms with van der Waals surface area (Å²) in [5.41, 5.74) is 2.22. The van der Waals surface area contributed by atoms with Gasteiger partial charge in [-0.1, -0.05) is 0 Å². The van der Waals surface area contributed by atoms with Gasteiger partial charge < -0.3 is 10.2 Å². The standard InChI is InChI=1S/C13H19N3O2/c1-9-6-12(16(17)18)4-5-13(9)15-7-10(2)14-11(3)8-15/h4-6,10-11,14H,7-8H2,1-3H3. The van der Waals surface area contributed by atoms with Crippen LogP contribution in [0, 0.1) is 17.0 Å². The van der Waals surface area contributed by atoms with Crippen molar-refractivity contribution in [3.63, 3.8) is 0 Å². The average molecular weight is 249 g/mol. The molecule has 1 aromatic carbocycles. The number of benzene rings is 1. The molecule has 0 radical (unpaired) electrons. The summed E-state index contributed by atoms with van der Waals surface area (Å²) in [7, 11) is 0. The topological polar surface area (TPSA) is 58.4 Å². The van der Waals surface area contributed by atoms with Crippen LogP contribution < -0.4 is 10.2 Å². The smallest absolute Gasteiger partial charge is 0.269 e. The van der Waals surface area contributed by atoms with E-state index in [4.69, 9.17) is 0 Å². The Morgan fingerprint density at radius 1 is 1.33 bits per heavy atom. The van der Waals surface area contributed by atoms with E-state index < -0.39 is 0 Å². The quantitative estimate of drug-likeness (QED) is 0.644. The Balaban J connectivity index is 2.25. The second kappa shape index (κ2) is 4.94. The third-order valence-electron chi connectivity index (χ3n) is 3.29. The molecule has 0 spiro atoms. The summed E-state index contributed by atoms with van der Waals surface area (Å²) in [6.45, 7) is 8.11. The number of anilines is 1. The molecule has 1 heterocycles. The molecule has 5 nitrogen and oxygen atoms in total. The van der Waals surface area contributed by atoms with Crippen molar-refractivity contribution >= 4 is 11.4 Å². The van der Waals surface area contributed by atoms with Gasteiger partial charge in [-0.25, -0.2) is 0 Å². The fraction of sp³-hybridized carbons (Fsp3) is 0.538. The SMILES string of the molecule is Cc1cc([N+](=O)[O-])ccc1N1CC(C)NC(C)C1. The molecule has 1 N–H and O–H groups in total. The number of rotatable bonds is 2. The molecule has 0 amide bonds. The Kier molecular flexibility index (Phi) is 3.52. The minimum Gasteiger partial charge on any atom is -0.368 e. The van der Waals surface area contributed by atoms with Crippen molar-refractivity contribution in [2.45, 2.75) is 32.9 Å². The Labute approximate surface area is 107 Å². The minimum atomic E-state index is -0.347. The van der Waals surface area contributed by atoms with Gasteiger partial charge in [0.1, 0.15) is 0 Å². The van der Waals surface area contributed by atoms with Crippen molar-refractivity contribution in [3.05, 3.63) is 33.9 Å². The molecule has 0 aliphatic carbocycles. The molecule has 2 atom stereocenters. The minimum absolute atomic E-state index is 0.160. The highest BCUT2D eigenvalue weighted by Gasteiger charge is 2.22. The van der Waals surface area contributed by atoms with Crippen LogP contribution in [0.2, 0.25) is 0 Å². The monoisotopic (exact) mass is 249 g/mol. The molecule has 18 heavy (non-hydrogen) atoms. The number of nitro benzene ring substituents is 1. The summed E-state index contributed by atoms with van der Waals surface area (Å²) in [4.78, 5) is 12.7. The first kappa shape index (κ1) is 12.8. The number of non-ortho nitro benzene ring substituents is 1. The zero-order valence-electron chi connectivity index (χ0n) is 11.0. The van der Waals surface area contributed by atoms with Crippen LogP contribution in [0.4, 0.5) is 11.4 Å². The maximum atomic E-state index is 10.7. The fourth-order valence-corrected chi connectivity index (χ4v) is 2.63. The van der Waals surface area contributed by atoms with E-state index in [1.54, 1.807) is 12.1 Å². The molecule has 98 valence electrons. The lowest BCUT2D eigenvalue weighted by atomic mass is 10.1. The van der Waals surface area contributed by atoms with Gasteiger partial charge in [-0.15, -0.1) is 0 Å². The van der Waals surface area contributed by atoms with E-state index in [1.165, 1.54) is 0 Å². The van der Waals surface area contributed by atoms with Crippen LogP contribution in [0.3, 0.4) is 0 Å². The van der Waals surface area contributed by atoms with Gasteiger partial charge in [0, 0.05) is 43.0 Å². The van der Waals surface area contributed by atoms with Crippen LogP contribution >= 0.6 is 0 Å². The molecule has 0 saturated carbocycles. The zero-order valence-corrected chi connectivity index (χ0v) is 11.0. The summed E-state index contributed by atoms with van der Waals surface area (Å²) in [6, 6.07) is 5.96. The van der Waals surface area contributed by atoms with Crippen molar-refractivity contribution in [1.29, 1.82) is 0 Å². The summed E-state index contributed by atoms with van der Waals surface area (Å²) >= 11 is 0. The number of nitrogens with one attached hydrogen (secondary N) is 1. The zero-order chi connectivity index (χ0) is 13.3. The number of piperazine rings is 1. The van der Waals surface area contributed by atoms with Crippen molar-refractivity contribution in [1.82, 2.24) is 5.32 Å². The maximum absolute atomic E-state index is 10.7. The molecule has 0 aromatic heterocycles. The predicted molar refractivity (Wildman–Crippen MR) is 72.1 cm³/mol. The first-order valence-electron chi connectivity index (χ1n) is 6.23. The Bertz CT molecular complexity index is 452. The Morgan fingerprint density at radius 2 is 1.94 bits per heavy atom. The third-order valence-corrected chi connectivity index (χ3v) is 3.29. The van der Waals surface area contributed by atoms with Gasteiger partial charge in [0.05, 0.1) is 4.92 Å². The number of aryl methyl sites for hydroxylation is 1. The lowest BCUT2D eigenvalue weighted by molar-refractivity contribution is -0.384. The molecule has 1 fully saturated rings. The first-order valence-corrected chi connectivity index (χ1v) is 6.23. The van der Waals surface area contributed by atoms with Gasteiger partial charge in [-0.05, 0) is 32.4 Å². The van der Waals surface area contributed by atoms with Gasteiger partial charge in [-0.2, -0.15) is 0 Å². The average Bonchev–Trinajstić information content (AvgIpc) is 2.27. The molecule has 5 heteroatoms. The second-order valence-corrected chi connectivity index (χ2v) is 5.10. The molecule has 1 aliphatic heterocycles. The molecule has 0 bridgehead atoms. The van der Waals surface area contributed by atoms with Gasteiger partial charge in [0.2, 0.25) is 0 Å². The van der Waals surface area contributed by atoms with E-state index in [0.717, 1.165) is 24.3 Å². The highest BCUT2D eigenvalue weighted by atomic mass is 16.6. The Hall–Kier alpha value is -1.62. The molecule has 2 unspecified atom stereocenters. The van der Waals surface area contributed by atoms with Gasteiger partial charge in [0.25, 0.3) is 5.69 Å². The molecular weight excluding hydrogens is 230 g/mol. The van der Waals surface area contributed by atoms with E-state index in [2.05, 4.69) is 24.1 Å². The van der Waals surface area contributed by atoms with E-state index >= 15 is 0 Å². The van der Waals surface area contributed by atoms with Crippen LogP contribution in [0.15, 0.2) is 18.2 Å². The maximum Gasteiger partial charge on any atom is 0.269 e. The van der Waals surface area contributed by atoms with Crippen LogP contribution in [-0.2, 0) is 0 Å². The summed E-state index contributed by atoms with van der Waals surface area (Å²) in [5, 5.41) is 14.2. The second-order valence-electron chi connectivity index (χ2n) is 5.10. The summed E-state index contributed by atoms with van der Waals surface area (Å²) in [6.07, 6.45) is 0. The van der Waals surface area contributed by atoms with Crippen molar-refractivity contribution in [3.8, 4) is 0 Å². The first-order chi connectivity index (χ1) is 8.47. The van der Waals surface area contributed by atoms with Crippen LogP contribution in [-0.4, -0.2) is 30.1 Å². The largest absolute Gasteiger partial charge is 0.368 e. The van der Waals surface area contributed by atoms with Gasteiger partial charge in [-0.3, -0.25) is 10.1 Å². The summed E-state index contributed by atoms with van der Waals surface area (Å²) in [5.74, 6) is 0. The molecular formula is C13H19N3O2. The van der Waals surface area contributed by atoms with Gasteiger partial charge >= 0.3 is 0 Å². The number of nitrogens with zero attached hydrogens (tertiary/aromatic N) is 2. The Morgan fingerprint density at radius 3 is 2.44 bits per heavy atom. The van der Waals surface area contributed by atoms with E-state index in [0.29, 0.717) is 12.1 Å². The normalized spacial score (nSPS) is 24.1.